The van der Waals surface area contributed by atoms with E-state index in [-0.39, 0.29) is 0 Å². The van der Waals surface area contributed by atoms with Crippen LogP contribution in [-0.2, 0) is 6.54 Å². The maximum absolute atomic E-state index is 6.32. The molecule has 3 heteroatoms. The highest BCUT2D eigenvalue weighted by Crippen LogP contribution is 2.37. The zero-order chi connectivity index (χ0) is 15.6. The van der Waals surface area contributed by atoms with Crippen molar-refractivity contribution in [2.24, 2.45) is 0 Å². The first-order chi connectivity index (χ1) is 11.3. The molecule has 0 N–H and O–H groups in total. The summed E-state index contributed by atoms with van der Waals surface area (Å²) in [6.45, 7) is 0.832. The number of benzene rings is 1. The summed E-state index contributed by atoms with van der Waals surface area (Å²) >= 11 is 0. The first kappa shape index (κ1) is 14.6. The van der Waals surface area contributed by atoms with Crippen molar-refractivity contribution < 1.29 is 0 Å². The van der Waals surface area contributed by atoms with Gasteiger partial charge in [0.15, 0.2) is 0 Å². The van der Waals surface area contributed by atoms with Gasteiger partial charge in [0.2, 0.25) is 0 Å². The van der Waals surface area contributed by atoms with E-state index in [9.17, 15) is 0 Å². The quantitative estimate of drug-likeness (QED) is 0.671. The molecule has 1 fully saturated rings. The topological polar surface area (TPSA) is 17.8 Å². The minimum atomic E-state index is 0.585. The monoisotopic (exact) mass is 300 g/mol. The molecule has 4 rings (SSSR count). The Labute approximate surface area is 139 Å². The van der Waals surface area contributed by atoms with E-state index in [4.69, 9.17) is 12.8 Å². The van der Waals surface area contributed by atoms with Crippen LogP contribution in [0.1, 0.15) is 49.1 Å². The molecule has 2 radical (unpaired) electrons. The normalized spacial score (nSPS) is 16.0. The van der Waals surface area contributed by atoms with E-state index in [2.05, 4.69) is 53.2 Å². The minimum Gasteiger partial charge on any atom is -0.328 e. The largest absolute Gasteiger partial charge is 0.328 e. The van der Waals surface area contributed by atoms with Crippen LogP contribution in [0, 0.1) is 0 Å². The smallest absolute Gasteiger partial charge is 0.142 e. The van der Waals surface area contributed by atoms with Crippen LogP contribution in [-0.4, -0.2) is 17.4 Å². The molecule has 0 saturated heterocycles. The van der Waals surface area contributed by atoms with Gasteiger partial charge in [0.05, 0.1) is 0 Å². The number of aromatic nitrogens is 2. The van der Waals surface area contributed by atoms with Crippen LogP contribution in [0.25, 0.3) is 11.4 Å². The third kappa shape index (κ3) is 2.80. The maximum atomic E-state index is 6.32. The lowest BCUT2D eigenvalue weighted by atomic mass is 9.79. The number of pyridine rings is 1. The Morgan fingerprint density at radius 3 is 2.57 bits per heavy atom. The zero-order valence-electron chi connectivity index (χ0n) is 13.4. The molecule has 2 nitrogen and oxygen atoms in total. The fourth-order valence-electron chi connectivity index (χ4n) is 3.92. The fourth-order valence-corrected chi connectivity index (χ4v) is 3.92. The second-order valence-electron chi connectivity index (χ2n) is 6.60. The second kappa shape index (κ2) is 6.23. The minimum absolute atomic E-state index is 0.585. The van der Waals surface area contributed by atoms with Crippen molar-refractivity contribution in [2.45, 2.75) is 44.6 Å². The third-order valence-electron chi connectivity index (χ3n) is 5.04. The van der Waals surface area contributed by atoms with Crippen molar-refractivity contribution in [3.63, 3.8) is 0 Å². The van der Waals surface area contributed by atoms with Gasteiger partial charge in [0.25, 0.3) is 0 Å². The molecule has 0 amide bonds. The molecule has 1 aliphatic carbocycles. The van der Waals surface area contributed by atoms with Crippen molar-refractivity contribution >= 4 is 13.4 Å². The maximum Gasteiger partial charge on any atom is 0.142 e. The van der Waals surface area contributed by atoms with Gasteiger partial charge in [0.1, 0.15) is 13.7 Å². The third-order valence-corrected chi connectivity index (χ3v) is 5.04. The molecule has 1 aromatic rings. The predicted octanol–water partition coefficient (Wildman–Crippen LogP) is 3.88. The van der Waals surface area contributed by atoms with Gasteiger partial charge in [-0.3, -0.25) is 0 Å². The van der Waals surface area contributed by atoms with Gasteiger partial charge in [-0.05, 0) is 47.6 Å². The molecule has 23 heavy (non-hydrogen) atoms. The number of rotatable bonds is 3. The Morgan fingerprint density at radius 1 is 1.00 bits per heavy atom. The summed E-state index contributed by atoms with van der Waals surface area (Å²) in [4.78, 5) is 4.73. The summed E-state index contributed by atoms with van der Waals surface area (Å²) in [5.74, 6) is 1.61. The average molecular weight is 300 g/mol. The highest BCUT2D eigenvalue weighted by Gasteiger charge is 2.25. The lowest BCUT2D eigenvalue weighted by molar-refractivity contribution is 0.446. The molecular formula is C20H21BN2. The van der Waals surface area contributed by atoms with Crippen molar-refractivity contribution in [1.82, 2.24) is 9.55 Å². The fraction of sp³-hybridized carbons (Fsp3) is 0.350. The lowest BCUT2D eigenvalue weighted by Gasteiger charge is -2.23. The Morgan fingerprint density at radius 2 is 1.78 bits per heavy atom. The Bertz CT molecular complexity index is 757. The highest BCUT2D eigenvalue weighted by atomic mass is 15.0. The van der Waals surface area contributed by atoms with Gasteiger partial charge in [-0.25, -0.2) is 4.98 Å². The first-order valence-corrected chi connectivity index (χ1v) is 8.61. The van der Waals surface area contributed by atoms with E-state index >= 15 is 0 Å². The van der Waals surface area contributed by atoms with Crippen LogP contribution < -0.4 is 5.59 Å². The van der Waals surface area contributed by atoms with Crippen molar-refractivity contribution in [1.29, 1.82) is 0 Å². The van der Waals surface area contributed by atoms with Gasteiger partial charge < -0.3 is 4.57 Å². The molecule has 0 spiro atoms. The standard InChI is InChI=1S/C20H21BN2/c21-19-18(16-10-5-2-6-11-16)17-12-7-13-23(20(17)22-19)14-15-8-3-1-4-9-15/h1,3-4,7-9,12-13,16H,2,5-6,10-11,14H2. The van der Waals surface area contributed by atoms with Crippen LogP contribution >= 0.6 is 0 Å². The summed E-state index contributed by atoms with van der Waals surface area (Å²) in [6.07, 6.45) is 8.58. The van der Waals surface area contributed by atoms with E-state index in [0.29, 0.717) is 5.92 Å². The van der Waals surface area contributed by atoms with E-state index in [1.807, 2.05) is 0 Å². The molecule has 1 saturated carbocycles. The van der Waals surface area contributed by atoms with Gasteiger partial charge >= 0.3 is 0 Å². The second-order valence-corrected chi connectivity index (χ2v) is 6.60. The van der Waals surface area contributed by atoms with Crippen molar-refractivity contribution in [3.05, 3.63) is 59.8 Å². The van der Waals surface area contributed by atoms with Crippen LogP contribution in [0.4, 0.5) is 0 Å². The molecule has 0 aromatic heterocycles. The predicted molar refractivity (Wildman–Crippen MR) is 95.6 cm³/mol. The summed E-state index contributed by atoms with van der Waals surface area (Å²) in [5.41, 5.74) is 4.56. The molecule has 3 aliphatic rings. The molecule has 0 atom stereocenters. The number of hydrogen-bond donors (Lipinski definition) is 0. The van der Waals surface area contributed by atoms with Gasteiger partial charge in [-0.15, -0.1) is 0 Å². The SMILES string of the molecule is [B]c1nc2n(Cc3ccccc3)cccc-2c1C1CCCCC1. The van der Waals surface area contributed by atoms with Gasteiger partial charge in [-0.2, -0.15) is 0 Å². The van der Waals surface area contributed by atoms with Crippen LogP contribution in [0.15, 0.2) is 48.7 Å². The van der Waals surface area contributed by atoms with Gasteiger partial charge in [-0.1, -0.05) is 49.6 Å². The number of nitrogens with zero attached hydrogens (tertiary/aromatic N) is 2. The molecule has 2 heterocycles. The van der Waals surface area contributed by atoms with Crippen LogP contribution in [0.3, 0.4) is 0 Å². The zero-order valence-corrected chi connectivity index (χ0v) is 13.4. The van der Waals surface area contributed by atoms with E-state index in [1.165, 1.54) is 48.8 Å². The Kier molecular flexibility index (Phi) is 3.94. The first-order valence-electron chi connectivity index (χ1n) is 8.61. The number of fused-ring (bicyclic) bond motifs is 1. The lowest BCUT2D eigenvalue weighted by Crippen LogP contribution is -2.15. The van der Waals surface area contributed by atoms with Crippen molar-refractivity contribution in [3.8, 4) is 11.4 Å². The number of hydrogen-bond acceptors (Lipinski definition) is 1. The molecule has 0 unspecified atom stereocenters. The van der Waals surface area contributed by atoms with Crippen LogP contribution in [0.5, 0.6) is 0 Å². The Balaban J connectivity index is 1.71. The molecule has 0 bridgehead atoms. The molecule has 114 valence electrons. The Hall–Kier alpha value is -2.03. The average Bonchev–Trinajstić information content (AvgIpc) is 2.94. The molecule has 1 aromatic carbocycles. The molecule has 2 aliphatic heterocycles. The highest BCUT2D eigenvalue weighted by molar-refractivity contribution is 6.33. The van der Waals surface area contributed by atoms with E-state index in [0.717, 1.165) is 18.0 Å². The summed E-state index contributed by atoms with van der Waals surface area (Å²) < 4.78 is 2.22. The summed E-state index contributed by atoms with van der Waals surface area (Å²) in [7, 11) is 6.32. The van der Waals surface area contributed by atoms with E-state index in [1.54, 1.807) is 0 Å². The molecular weight excluding hydrogens is 279 g/mol. The summed E-state index contributed by atoms with van der Waals surface area (Å²) in [5, 5.41) is 0. The van der Waals surface area contributed by atoms with E-state index < -0.39 is 0 Å². The van der Waals surface area contributed by atoms with Crippen LogP contribution in [0.2, 0.25) is 0 Å². The van der Waals surface area contributed by atoms with Gasteiger partial charge in [0, 0.05) is 18.3 Å². The van der Waals surface area contributed by atoms with Crippen molar-refractivity contribution in [2.75, 3.05) is 0 Å². The summed E-state index contributed by atoms with van der Waals surface area (Å²) in [6, 6.07) is 14.8.